The number of rotatable bonds is 9. The zero-order chi connectivity index (χ0) is 14.6. The van der Waals surface area contributed by atoms with Crippen LogP contribution in [-0.2, 0) is 0 Å². The third-order valence-corrected chi connectivity index (χ3v) is 3.88. The summed E-state index contributed by atoms with van der Waals surface area (Å²) < 4.78 is 0. The van der Waals surface area contributed by atoms with E-state index in [1.54, 1.807) is 0 Å². The zero-order valence-electron chi connectivity index (χ0n) is 14.1. The number of nitrogens with zero attached hydrogens (tertiary/aromatic N) is 1. The molecule has 0 spiro atoms. The minimum absolute atomic E-state index is 0.486. The second-order valence-corrected chi connectivity index (χ2v) is 5.65. The molecule has 0 aromatic rings. The monoisotopic (exact) mass is 258 g/mol. The van der Waals surface area contributed by atoms with Gasteiger partial charge in [-0.25, -0.2) is 0 Å². The smallest absolute Gasteiger partial charge is 0.000134 e. The predicted octanol–water partition coefficient (Wildman–Crippen LogP) is 4.15. The van der Waals surface area contributed by atoms with Crippen LogP contribution in [0.4, 0.5) is 0 Å². The third kappa shape index (κ3) is 8.93. The van der Waals surface area contributed by atoms with Crippen molar-refractivity contribution in [1.82, 2.24) is 4.90 Å². The summed E-state index contributed by atoms with van der Waals surface area (Å²) in [5.41, 5.74) is 6.23. The van der Waals surface area contributed by atoms with Crippen molar-refractivity contribution in [2.24, 2.45) is 17.1 Å². The molecule has 0 aliphatic heterocycles. The van der Waals surface area contributed by atoms with Gasteiger partial charge in [0.2, 0.25) is 0 Å². The Morgan fingerprint density at radius 1 is 1.06 bits per heavy atom. The topological polar surface area (TPSA) is 29.3 Å². The summed E-state index contributed by atoms with van der Waals surface area (Å²) in [5, 5.41) is 0. The standard InChI is InChI=1S/C14H32N2.C2H6/c1-6-14(7-2,8-10-15)9-11-16(5)12-13(3)4;1-2/h13H,6-12,15H2,1-5H3;1-2H3. The second kappa shape index (κ2) is 12.0. The maximum absolute atomic E-state index is 5.74. The third-order valence-electron chi connectivity index (χ3n) is 3.88. The average Bonchev–Trinajstić information content (AvgIpc) is 2.36. The fraction of sp³-hybridized carbons (Fsp3) is 1.00. The Labute approximate surface area is 116 Å². The fourth-order valence-electron chi connectivity index (χ4n) is 2.53. The summed E-state index contributed by atoms with van der Waals surface area (Å²) in [6.07, 6.45) is 4.99. The van der Waals surface area contributed by atoms with Crippen LogP contribution in [0.15, 0.2) is 0 Å². The first-order valence-electron chi connectivity index (χ1n) is 7.88. The van der Waals surface area contributed by atoms with E-state index in [2.05, 4.69) is 39.6 Å². The molecule has 0 radical (unpaired) electrons. The molecule has 112 valence electrons. The first-order chi connectivity index (χ1) is 8.49. The summed E-state index contributed by atoms with van der Waals surface area (Å²) in [5.74, 6) is 0.761. The molecule has 0 saturated heterocycles. The van der Waals surface area contributed by atoms with Crippen LogP contribution in [0, 0.1) is 11.3 Å². The number of hydrogen-bond donors (Lipinski definition) is 1. The van der Waals surface area contributed by atoms with Crippen molar-refractivity contribution < 1.29 is 0 Å². The Balaban J connectivity index is 0. The van der Waals surface area contributed by atoms with E-state index in [1.165, 1.54) is 38.8 Å². The van der Waals surface area contributed by atoms with Gasteiger partial charge in [-0.05, 0) is 44.3 Å². The van der Waals surface area contributed by atoms with E-state index in [-0.39, 0.29) is 0 Å². The van der Waals surface area contributed by atoms with Gasteiger partial charge in [0, 0.05) is 6.54 Å². The highest BCUT2D eigenvalue weighted by molar-refractivity contribution is 4.78. The number of nitrogens with two attached hydrogens (primary N) is 1. The lowest BCUT2D eigenvalue weighted by Crippen LogP contribution is -2.31. The zero-order valence-corrected chi connectivity index (χ0v) is 14.1. The molecule has 0 aliphatic rings. The number of hydrogen-bond acceptors (Lipinski definition) is 2. The highest BCUT2D eigenvalue weighted by Gasteiger charge is 2.25. The molecule has 0 heterocycles. The predicted molar refractivity (Wildman–Crippen MR) is 85.0 cm³/mol. The maximum Gasteiger partial charge on any atom is 0.000134 e. The highest BCUT2D eigenvalue weighted by atomic mass is 15.1. The molecule has 0 saturated carbocycles. The van der Waals surface area contributed by atoms with Crippen LogP contribution < -0.4 is 5.73 Å². The Hall–Kier alpha value is -0.0800. The summed E-state index contributed by atoms with van der Waals surface area (Å²) in [7, 11) is 2.23. The van der Waals surface area contributed by atoms with Crippen LogP contribution in [0.25, 0.3) is 0 Å². The van der Waals surface area contributed by atoms with Gasteiger partial charge in [-0.1, -0.05) is 54.4 Å². The minimum Gasteiger partial charge on any atom is -0.330 e. The lowest BCUT2D eigenvalue weighted by Gasteiger charge is -2.33. The minimum atomic E-state index is 0.486. The average molecular weight is 258 g/mol. The normalized spacial score (nSPS) is 11.7. The molecule has 0 aliphatic carbocycles. The van der Waals surface area contributed by atoms with Crippen LogP contribution in [0.5, 0.6) is 0 Å². The molecule has 0 amide bonds. The first kappa shape index (κ1) is 20.2. The van der Waals surface area contributed by atoms with E-state index in [0.717, 1.165) is 12.5 Å². The Bertz CT molecular complexity index is 162. The molecule has 0 fully saturated rings. The molecule has 2 heteroatoms. The van der Waals surface area contributed by atoms with Gasteiger partial charge in [-0.2, -0.15) is 0 Å². The molecule has 18 heavy (non-hydrogen) atoms. The van der Waals surface area contributed by atoms with Crippen LogP contribution in [0.3, 0.4) is 0 Å². The van der Waals surface area contributed by atoms with Gasteiger partial charge in [0.25, 0.3) is 0 Å². The van der Waals surface area contributed by atoms with Crippen molar-refractivity contribution in [3.63, 3.8) is 0 Å². The molecule has 0 atom stereocenters. The van der Waals surface area contributed by atoms with Gasteiger partial charge in [0.05, 0.1) is 0 Å². The largest absolute Gasteiger partial charge is 0.330 e. The molecule has 0 rings (SSSR count). The molecule has 0 bridgehead atoms. The van der Waals surface area contributed by atoms with Crippen LogP contribution in [-0.4, -0.2) is 31.6 Å². The molecule has 0 unspecified atom stereocenters. The first-order valence-corrected chi connectivity index (χ1v) is 7.88. The van der Waals surface area contributed by atoms with Gasteiger partial charge in [0.1, 0.15) is 0 Å². The lowest BCUT2D eigenvalue weighted by atomic mass is 9.76. The molecule has 2 N–H and O–H groups in total. The van der Waals surface area contributed by atoms with Crippen molar-refractivity contribution in [3.8, 4) is 0 Å². The van der Waals surface area contributed by atoms with Gasteiger partial charge < -0.3 is 10.6 Å². The summed E-state index contributed by atoms with van der Waals surface area (Å²) in [6.45, 7) is 16.4. The molecule has 0 aromatic heterocycles. The SMILES string of the molecule is CC.CCC(CC)(CCN)CCN(C)CC(C)C. The van der Waals surface area contributed by atoms with Gasteiger partial charge >= 0.3 is 0 Å². The molecular formula is C16H38N2. The van der Waals surface area contributed by atoms with E-state index in [9.17, 15) is 0 Å². The van der Waals surface area contributed by atoms with E-state index in [4.69, 9.17) is 5.73 Å². The summed E-state index contributed by atoms with van der Waals surface area (Å²) in [6, 6.07) is 0. The van der Waals surface area contributed by atoms with Gasteiger partial charge in [-0.15, -0.1) is 0 Å². The Morgan fingerprint density at radius 2 is 1.56 bits per heavy atom. The Kier molecular flexibility index (Phi) is 13.5. The quantitative estimate of drug-likeness (QED) is 0.673. The fourth-order valence-corrected chi connectivity index (χ4v) is 2.53. The van der Waals surface area contributed by atoms with Crippen molar-refractivity contribution >= 4 is 0 Å². The summed E-state index contributed by atoms with van der Waals surface area (Å²) >= 11 is 0. The van der Waals surface area contributed by atoms with E-state index in [0.29, 0.717) is 5.41 Å². The van der Waals surface area contributed by atoms with Crippen molar-refractivity contribution in [1.29, 1.82) is 0 Å². The maximum atomic E-state index is 5.74. The lowest BCUT2D eigenvalue weighted by molar-refractivity contribution is 0.177. The summed E-state index contributed by atoms with van der Waals surface area (Å²) in [4.78, 5) is 2.46. The Morgan fingerprint density at radius 3 is 1.89 bits per heavy atom. The van der Waals surface area contributed by atoms with E-state index >= 15 is 0 Å². The van der Waals surface area contributed by atoms with E-state index in [1.807, 2.05) is 13.8 Å². The van der Waals surface area contributed by atoms with Crippen molar-refractivity contribution in [2.75, 3.05) is 26.7 Å². The van der Waals surface area contributed by atoms with Crippen LogP contribution in [0.2, 0.25) is 0 Å². The highest BCUT2D eigenvalue weighted by Crippen LogP contribution is 2.34. The van der Waals surface area contributed by atoms with Crippen molar-refractivity contribution in [3.05, 3.63) is 0 Å². The van der Waals surface area contributed by atoms with Crippen LogP contribution in [0.1, 0.15) is 67.2 Å². The van der Waals surface area contributed by atoms with Gasteiger partial charge in [0.15, 0.2) is 0 Å². The molecular weight excluding hydrogens is 220 g/mol. The second-order valence-electron chi connectivity index (χ2n) is 5.65. The molecule has 2 nitrogen and oxygen atoms in total. The van der Waals surface area contributed by atoms with E-state index < -0.39 is 0 Å². The van der Waals surface area contributed by atoms with Crippen molar-refractivity contribution in [2.45, 2.75) is 67.2 Å². The van der Waals surface area contributed by atoms with Crippen LogP contribution >= 0.6 is 0 Å². The van der Waals surface area contributed by atoms with Gasteiger partial charge in [-0.3, -0.25) is 0 Å². The molecule has 0 aromatic carbocycles.